The number of nitrogens with one attached hydrogen (secondary N) is 2. The lowest BCUT2D eigenvalue weighted by Gasteiger charge is -2.25. The van der Waals surface area contributed by atoms with Gasteiger partial charge in [-0.3, -0.25) is 0 Å². The Morgan fingerprint density at radius 1 is 1.30 bits per heavy atom. The molecule has 5 heteroatoms. The third-order valence-corrected chi connectivity index (χ3v) is 3.93. The lowest BCUT2D eigenvalue weighted by atomic mass is 10.1. The number of hydrogen-bond donors (Lipinski definition) is 3. The van der Waals surface area contributed by atoms with Crippen LogP contribution in [0.15, 0.2) is 24.3 Å². The minimum absolute atomic E-state index is 0.0874. The highest BCUT2D eigenvalue weighted by molar-refractivity contribution is 5.68. The van der Waals surface area contributed by atoms with Gasteiger partial charge in [0.1, 0.15) is 11.4 Å². The molecule has 0 aromatic heterocycles. The number of aromatic hydroxyl groups is 1. The fourth-order valence-electron chi connectivity index (χ4n) is 2.48. The van der Waals surface area contributed by atoms with E-state index in [-0.39, 0.29) is 23.9 Å². The Kier molecular flexibility index (Phi) is 5.52. The van der Waals surface area contributed by atoms with Crippen molar-refractivity contribution in [2.45, 2.75) is 58.2 Å². The maximum Gasteiger partial charge on any atom is 0.407 e. The van der Waals surface area contributed by atoms with E-state index in [4.69, 9.17) is 4.74 Å². The van der Waals surface area contributed by atoms with Crippen LogP contribution in [0.5, 0.6) is 5.75 Å². The molecule has 0 radical (unpaired) electrons. The average molecular weight is 320 g/mol. The van der Waals surface area contributed by atoms with E-state index >= 15 is 0 Å². The number of benzene rings is 1. The van der Waals surface area contributed by atoms with Crippen molar-refractivity contribution < 1.29 is 14.6 Å². The van der Waals surface area contributed by atoms with Crippen LogP contribution in [0.25, 0.3) is 0 Å². The average Bonchev–Trinajstić information content (AvgIpc) is 3.26. The van der Waals surface area contributed by atoms with Gasteiger partial charge in [0.25, 0.3) is 0 Å². The number of alkyl carbamates (subject to hydrolysis) is 1. The molecule has 3 N–H and O–H groups in total. The number of phenolic OH excluding ortho intramolecular Hbond substituents is 1. The first-order valence-corrected chi connectivity index (χ1v) is 8.26. The van der Waals surface area contributed by atoms with Gasteiger partial charge in [-0.1, -0.05) is 12.1 Å². The van der Waals surface area contributed by atoms with Crippen LogP contribution in [-0.2, 0) is 4.74 Å². The summed E-state index contributed by atoms with van der Waals surface area (Å²) in [5, 5.41) is 15.8. The van der Waals surface area contributed by atoms with Crippen molar-refractivity contribution in [1.82, 2.24) is 10.6 Å². The summed E-state index contributed by atoms with van der Waals surface area (Å²) in [5.74, 6) is 0.797. The summed E-state index contributed by atoms with van der Waals surface area (Å²) in [7, 11) is 0. The van der Waals surface area contributed by atoms with Gasteiger partial charge < -0.3 is 20.5 Å². The molecule has 23 heavy (non-hydrogen) atoms. The van der Waals surface area contributed by atoms with Crippen molar-refractivity contribution in [3.8, 4) is 5.75 Å². The van der Waals surface area contributed by atoms with Crippen LogP contribution in [0.3, 0.4) is 0 Å². The number of carbonyl (C=O) groups excluding carboxylic acids is 1. The zero-order chi connectivity index (χ0) is 17.0. The molecule has 0 bridgehead atoms. The molecule has 2 unspecified atom stereocenters. The Balaban J connectivity index is 1.85. The third kappa shape index (κ3) is 6.10. The second-order valence-corrected chi connectivity index (χ2v) is 7.31. The molecule has 1 saturated carbocycles. The van der Waals surface area contributed by atoms with E-state index in [2.05, 4.69) is 17.6 Å². The Labute approximate surface area is 138 Å². The molecule has 0 saturated heterocycles. The Hall–Kier alpha value is -1.75. The van der Waals surface area contributed by atoms with Gasteiger partial charge >= 0.3 is 6.09 Å². The van der Waals surface area contributed by atoms with E-state index in [0.717, 1.165) is 18.4 Å². The molecular weight excluding hydrogens is 292 g/mol. The van der Waals surface area contributed by atoms with Crippen LogP contribution in [0.1, 0.15) is 52.1 Å². The second kappa shape index (κ2) is 7.21. The van der Waals surface area contributed by atoms with Crippen molar-refractivity contribution in [3.63, 3.8) is 0 Å². The molecule has 1 aliphatic carbocycles. The van der Waals surface area contributed by atoms with Crippen LogP contribution in [0.4, 0.5) is 4.79 Å². The molecule has 1 aromatic rings. The quantitative estimate of drug-likeness (QED) is 0.752. The maximum atomic E-state index is 12.0. The number of phenols is 1. The third-order valence-electron chi connectivity index (χ3n) is 3.93. The van der Waals surface area contributed by atoms with Crippen LogP contribution in [0, 0.1) is 5.92 Å². The van der Waals surface area contributed by atoms with Gasteiger partial charge in [-0.25, -0.2) is 4.79 Å². The minimum atomic E-state index is -0.481. The first-order chi connectivity index (χ1) is 10.7. The highest BCUT2D eigenvalue weighted by Crippen LogP contribution is 2.32. The molecule has 0 heterocycles. The number of hydrogen-bond acceptors (Lipinski definition) is 4. The van der Waals surface area contributed by atoms with E-state index in [1.54, 1.807) is 12.1 Å². The van der Waals surface area contributed by atoms with E-state index in [0.29, 0.717) is 12.5 Å². The van der Waals surface area contributed by atoms with Gasteiger partial charge in [0.15, 0.2) is 0 Å². The summed E-state index contributed by atoms with van der Waals surface area (Å²) in [6.07, 6.45) is 1.94. The van der Waals surface area contributed by atoms with Crippen LogP contribution >= 0.6 is 0 Å². The Bertz CT molecular complexity index is 518. The Morgan fingerprint density at radius 3 is 2.43 bits per heavy atom. The minimum Gasteiger partial charge on any atom is -0.508 e. The summed E-state index contributed by atoms with van der Waals surface area (Å²) in [4.78, 5) is 12.0. The summed E-state index contributed by atoms with van der Waals surface area (Å²) >= 11 is 0. The van der Waals surface area contributed by atoms with Gasteiger partial charge in [-0.2, -0.15) is 0 Å². The van der Waals surface area contributed by atoms with Gasteiger partial charge in [0, 0.05) is 18.6 Å². The van der Waals surface area contributed by atoms with Gasteiger partial charge in [-0.15, -0.1) is 0 Å². The molecule has 2 rings (SSSR count). The maximum absolute atomic E-state index is 12.0. The van der Waals surface area contributed by atoms with E-state index in [9.17, 15) is 9.90 Å². The van der Waals surface area contributed by atoms with Crippen LogP contribution in [0.2, 0.25) is 0 Å². The van der Waals surface area contributed by atoms with Crippen molar-refractivity contribution in [2.24, 2.45) is 5.92 Å². The fraction of sp³-hybridized carbons (Fsp3) is 0.611. The van der Waals surface area contributed by atoms with E-state index in [1.807, 2.05) is 32.9 Å². The molecule has 1 fully saturated rings. The van der Waals surface area contributed by atoms with Crippen molar-refractivity contribution >= 4 is 6.09 Å². The standard InChI is InChI=1S/C18H28N2O3/c1-12(13-7-9-15(21)10-8-13)19-11-16(14-5-6-14)20-17(22)23-18(2,3)4/h7-10,12,14,16,19,21H,5-6,11H2,1-4H3,(H,20,22). The molecule has 0 spiro atoms. The largest absolute Gasteiger partial charge is 0.508 e. The molecule has 128 valence electrons. The molecule has 1 aromatic carbocycles. The zero-order valence-electron chi connectivity index (χ0n) is 14.4. The molecule has 5 nitrogen and oxygen atoms in total. The number of carbonyl (C=O) groups is 1. The van der Waals surface area contributed by atoms with E-state index in [1.165, 1.54) is 0 Å². The predicted octanol–water partition coefficient (Wildman–Crippen LogP) is 3.35. The van der Waals surface area contributed by atoms with Crippen molar-refractivity contribution in [3.05, 3.63) is 29.8 Å². The smallest absolute Gasteiger partial charge is 0.407 e. The second-order valence-electron chi connectivity index (χ2n) is 7.31. The zero-order valence-corrected chi connectivity index (χ0v) is 14.4. The van der Waals surface area contributed by atoms with Gasteiger partial charge in [0.05, 0.1) is 0 Å². The molecule has 2 atom stereocenters. The summed E-state index contributed by atoms with van der Waals surface area (Å²) < 4.78 is 5.35. The topological polar surface area (TPSA) is 70.6 Å². The number of rotatable bonds is 6. The SMILES string of the molecule is CC(NCC(NC(=O)OC(C)(C)C)C1CC1)c1ccc(O)cc1. The van der Waals surface area contributed by atoms with E-state index < -0.39 is 5.60 Å². The lowest BCUT2D eigenvalue weighted by molar-refractivity contribution is 0.0497. The summed E-state index contributed by atoms with van der Waals surface area (Å²) in [5.41, 5.74) is 0.625. The van der Waals surface area contributed by atoms with Crippen molar-refractivity contribution in [1.29, 1.82) is 0 Å². The molecule has 0 aliphatic heterocycles. The highest BCUT2D eigenvalue weighted by atomic mass is 16.6. The molecule has 1 aliphatic rings. The summed E-state index contributed by atoms with van der Waals surface area (Å²) in [6, 6.07) is 7.41. The fourth-order valence-corrected chi connectivity index (χ4v) is 2.48. The lowest BCUT2D eigenvalue weighted by Crippen LogP contribution is -2.46. The summed E-state index contributed by atoms with van der Waals surface area (Å²) in [6.45, 7) is 8.37. The first kappa shape index (κ1) is 17.6. The molecular formula is C18H28N2O3. The first-order valence-electron chi connectivity index (χ1n) is 8.26. The van der Waals surface area contributed by atoms with Gasteiger partial charge in [0.2, 0.25) is 0 Å². The predicted molar refractivity (Wildman–Crippen MR) is 90.4 cm³/mol. The Morgan fingerprint density at radius 2 is 1.91 bits per heavy atom. The highest BCUT2D eigenvalue weighted by Gasteiger charge is 2.33. The van der Waals surface area contributed by atoms with Crippen LogP contribution in [-0.4, -0.2) is 29.4 Å². The van der Waals surface area contributed by atoms with Crippen molar-refractivity contribution in [2.75, 3.05) is 6.54 Å². The van der Waals surface area contributed by atoms with Crippen LogP contribution < -0.4 is 10.6 Å². The molecule has 1 amide bonds. The number of ether oxygens (including phenoxy) is 1. The van der Waals surface area contributed by atoms with Gasteiger partial charge in [-0.05, 0) is 64.2 Å². The monoisotopic (exact) mass is 320 g/mol. The number of amides is 1. The normalized spacial score (nSPS) is 17.4.